The van der Waals surface area contributed by atoms with Gasteiger partial charge in [0.25, 0.3) is 0 Å². The molecule has 0 aliphatic heterocycles. The van der Waals surface area contributed by atoms with Gasteiger partial charge in [0.2, 0.25) is 0 Å². The van der Waals surface area contributed by atoms with E-state index in [-0.39, 0.29) is 18.1 Å². The molecular weight excluding hydrogens is 268 g/mol. The molecule has 21 heavy (non-hydrogen) atoms. The third-order valence-electron chi connectivity index (χ3n) is 5.33. The first-order chi connectivity index (χ1) is 9.97. The van der Waals surface area contributed by atoms with Crippen molar-refractivity contribution >= 4 is 12.0 Å². The molecule has 0 bridgehead atoms. The fraction of sp³-hybridized carbons (Fsp3) is 0.875. The van der Waals surface area contributed by atoms with E-state index >= 15 is 0 Å². The predicted octanol–water partition coefficient (Wildman–Crippen LogP) is 2.75. The normalized spacial score (nSPS) is 36.8. The van der Waals surface area contributed by atoms with Gasteiger partial charge in [0, 0.05) is 12.1 Å². The fourth-order valence-corrected chi connectivity index (χ4v) is 3.67. The Hall–Kier alpha value is -1.26. The lowest BCUT2D eigenvalue weighted by molar-refractivity contribution is -0.143. The molecule has 5 unspecified atom stereocenters. The summed E-state index contributed by atoms with van der Waals surface area (Å²) in [6.07, 6.45) is 6.54. The summed E-state index contributed by atoms with van der Waals surface area (Å²) in [7, 11) is 0. The number of nitrogens with one attached hydrogen (secondary N) is 2. The van der Waals surface area contributed by atoms with Crippen LogP contribution in [0.15, 0.2) is 0 Å². The van der Waals surface area contributed by atoms with Gasteiger partial charge in [-0.2, -0.15) is 0 Å². The SMILES string of the molecule is CC1CCC(NC(=O)NC2CCCCC2C(=O)O)CC1C. The summed E-state index contributed by atoms with van der Waals surface area (Å²) in [5, 5.41) is 15.2. The number of carbonyl (C=O) groups is 2. The van der Waals surface area contributed by atoms with E-state index in [1.54, 1.807) is 0 Å². The first-order valence-electron chi connectivity index (χ1n) is 8.27. The zero-order valence-corrected chi connectivity index (χ0v) is 13.1. The molecule has 2 aliphatic carbocycles. The number of hydrogen-bond acceptors (Lipinski definition) is 2. The van der Waals surface area contributed by atoms with Gasteiger partial charge in [0.1, 0.15) is 0 Å². The van der Waals surface area contributed by atoms with Crippen molar-refractivity contribution in [3.8, 4) is 0 Å². The zero-order chi connectivity index (χ0) is 15.4. The summed E-state index contributed by atoms with van der Waals surface area (Å²) in [5.41, 5.74) is 0. The highest BCUT2D eigenvalue weighted by molar-refractivity contribution is 5.77. The fourth-order valence-electron chi connectivity index (χ4n) is 3.67. The van der Waals surface area contributed by atoms with E-state index < -0.39 is 11.9 Å². The van der Waals surface area contributed by atoms with E-state index in [2.05, 4.69) is 24.5 Å². The molecule has 0 heterocycles. The number of amides is 2. The van der Waals surface area contributed by atoms with Gasteiger partial charge < -0.3 is 15.7 Å². The van der Waals surface area contributed by atoms with Gasteiger partial charge in [-0.25, -0.2) is 4.79 Å². The second-order valence-corrected chi connectivity index (χ2v) is 6.92. The van der Waals surface area contributed by atoms with Gasteiger partial charge in [-0.3, -0.25) is 4.79 Å². The second kappa shape index (κ2) is 7.14. The number of carboxylic acid groups (broad SMARTS) is 1. The first-order valence-corrected chi connectivity index (χ1v) is 8.27. The first kappa shape index (κ1) is 16.1. The van der Waals surface area contributed by atoms with E-state index in [9.17, 15) is 14.7 Å². The number of rotatable bonds is 3. The third kappa shape index (κ3) is 4.35. The Kier molecular flexibility index (Phi) is 5.48. The smallest absolute Gasteiger partial charge is 0.315 e. The van der Waals surface area contributed by atoms with Crippen molar-refractivity contribution in [2.75, 3.05) is 0 Å². The maximum Gasteiger partial charge on any atom is 0.315 e. The van der Waals surface area contributed by atoms with Crippen molar-refractivity contribution < 1.29 is 14.7 Å². The minimum atomic E-state index is -0.792. The molecule has 5 heteroatoms. The van der Waals surface area contributed by atoms with Crippen molar-refractivity contribution in [2.24, 2.45) is 17.8 Å². The highest BCUT2D eigenvalue weighted by Gasteiger charge is 2.32. The number of hydrogen-bond donors (Lipinski definition) is 3. The van der Waals surface area contributed by atoms with Crippen LogP contribution >= 0.6 is 0 Å². The Morgan fingerprint density at radius 3 is 2.33 bits per heavy atom. The monoisotopic (exact) mass is 296 g/mol. The molecule has 2 rings (SSSR count). The maximum atomic E-state index is 12.1. The molecule has 0 saturated heterocycles. The van der Waals surface area contributed by atoms with Gasteiger partial charge in [-0.05, 0) is 43.9 Å². The average molecular weight is 296 g/mol. The summed E-state index contributed by atoms with van der Waals surface area (Å²) in [6, 6.07) is -0.195. The molecular formula is C16H28N2O3. The molecule has 120 valence electrons. The summed E-state index contributed by atoms with van der Waals surface area (Å²) in [4.78, 5) is 23.4. The van der Waals surface area contributed by atoms with Crippen LogP contribution in [0.2, 0.25) is 0 Å². The molecule has 2 aliphatic rings. The molecule has 3 N–H and O–H groups in total. The van der Waals surface area contributed by atoms with Crippen molar-refractivity contribution in [1.82, 2.24) is 10.6 Å². The Balaban J connectivity index is 1.82. The van der Waals surface area contributed by atoms with E-state index in [1.165, 1.54) is 0 Å². The lowest BCUT2D eigenvalue weighted by atomic mass is 9.79. The Bertz CT molecular complexity index is 386. The second-order valence-electron chi connectivity index (χ2n) is 6.92. The molecule has 2 amide bonds. The number of carbonyl (C=O) groups excluding carboxylic acids is 1. The maximum absolute atomic E-state index is 12.1. The number of urea groups is 1. The molecule has 0 aromatic rings. The van der Waals surface area contributed by atoms with Crippen LogP contribution < -0.4 is 10.6 Å². The lowest BCUT2D eigenvalue weighted by Crippen LogP contribution is -2.51. The number of aliphatic carboxylic acids is 1. The van der Waals surface area contributed by atoms with Crippen molar-refractivity contribution in [3.05, 3.63) is 0 Å². The van der Waals surface area contributed by atoms with Crippen molar-refractivity contribution in [2.45, 2.75) is 70.9 Å². The summed E-state index contributed by atoms with van der Waals surface area (Å²) < 4.78 is 0. The van der Waals surface area contributed by atoms with Gasteiger partial charge in [-0.1, -0.05) is 26.7 Å². The molecule has 0 aromatic carbocycles. The quantitative estimate of drug-likeness (QED) is 0.749. The molecule has 2 fully saturated rings. The van der Waals surface area contributed by atoms with E-state index in [0.29, 0.717) is 12.3 Å². The van der Waals surface area contributed by atoms with Crippen LogP contribution in [-0.4, -0.2) is 29.2 Å². The van der Waals surface area contributed by atoms with E-state index in [4.69, 9.17) is 0 Å². The van der Waals surface area contributed by atoms with Gasteiger partial charge >= 0.3 is 12.0 Å². The summed E-state index contributed by atoms with van der Waals surface area (Å²) in [5.74, 6) is 0.126. The lowest BCUT2D eigenvalue weighted by Gasteiger charge is -2.34. The number of carboxylic acids is 1. The Labute approximate surface area is 126 Å². The Morgan fingerprint density at radius 2 is 1.67 bits per heavy atom. The summed E-state index contributed by atoms with van der Waals surface area (Å²) >= 11 is 0. The minimum Gasteiger partial charge on any atom is -0.481 e. The van der Waals surface area contributed by atoms with E-state index in [0.717, 1.165) is 44.4 Å². The largest absolute Gasteiger partial charge is 0.481 e. The van der Waals surface area contributed by atoms with Crippen LogP contribution in [0.3, 0.4) is 0 Å². The molecule has 5 atom stereocenters. The van der Waals surface area contributed by atoms with Crippen molar-refractivity contribution in [1.29, 1.82) is 0 Å². The molecule has 0 radical (unpaired) electrons. The van der Waals surface area contributed by atoms with Crippen molar-refractivity contribution in [3.63, 3.8) is 0 Å². The van der Waals surface area contributed by atoms with Gasteiger partial charge in [-0.15, -0.1) is 0 Å². The third-order valence-corrected chi connectivity index (χ3v) is 5.33. The highest BCUT2D eigenvalue weighted by atomic mass is 16.4. The average Bonchev–Trinajstić information content (AvgIpc) is 2.43. The Morgan fingerprint density at radius 1 is 0.952 bits per heavy atom. The van der Waals surface area contributed by atoms with Crippen LogP contribution in [0.1, 0.15) is 58.8 Å². The summed E-state index contributed by atoms with van der Waals surface area (Å²) in [6.45, 7) is 4.50. The van der Waals surface area contributed by atoms with Crippen LogP contribution in [0.25, 0.3) is 0 Å². The topological polar surface area (TPSA) is 78.4 Å². The zero-order valence-electron chi connectivity index (χ0n) is 13.1. The molecule has 5 nitrogen and oxygen atoms in total. The predicted molar refractivity (Wildman–Crippen MR) is 81.0 cm³/mol. The molecule has 0 aromatic heterocycles. The molecule has 2 saturated carbocycles. The van der Waals surface area contributed by atoms with Crippen LogP contribution in [0.5, 0.6) is 0 Å². The molecule has 0 spiro atoms. The van der Waals surface area contributed by atoms with Gasteiger partial charge in [0.05, 0.1) is 5.92 Å². The standard InChI is InChI=1S/C16H28N2O3/c1-10-7-8-12(9-11(10)2)17-16(21)18-14-6-4-3-5-13(14)15(19)20/h10-14H,3-9H2,1-2H3,(H,19,20)(H2,17,18,21). The van der Waals surface area contributed by atoms with Crippen LogP contribution in [-0.2, 0) is 4.79 Å². The minimum absolute atomic E-state index is 0.195. The van der Waals surface area contributed by atoms with E-state index in [1.807, 2.05) is 0 Å². The highest BCUT2D eigenvalue weighted by Crippen LogP contribution is 2.29. The van der Waals surface area contributed by atoms with Crippen LogP contribution in [0.4, 0.5) is 4.79 Å². The van der Waals surface area contributed by atoms with Crippen LogP contribution in [0, 0.1) is 17.8 Å². The van der Waals surface area contributed by atoms with Gasteiger partial charge in [0.15, 0.2) is 0 Å².